The van der Waals surface area contributed by atoms with Crippen molar-refractivity contribution in [3.8, 4) is 6.07 Å². The molecular weight excluding hydrogens is 236 g/mol. The fraction of sp³-hybridized carbons (Fsp3) is 0.333. The van der Waals surface area contributed by atoms with Crippen molar-refractivity contribution in [1.29, 1.82) is 5.26 Å². The van der Waals surface area contributed by atoms with E-state index in [1.807, 2.05) is 6.07 Å². The van der Waals surface area contributed by atoms with Crippen LogP contribution in [0.3, 0.4) is 0 Å². The molecule has 0 aliphatic rings. The highest BCUT2D eigenvalue weighted by Crippen LogP contribution is 2.12. The van der Waals surface area contributed by atoms with Gasteiger partial charge in [0.2, 0.25) is 0 Å². The molecule has 0 aromatic carbocycles. The van der Waals surface area contributed by atoms with Crippen molar-refractivity contribution in [2.24, 2.45) is 0 Å². The van der Waals surface area contributed by atoms with E-state index in [4.69, 9.17) is 14.7 Å². The van der Waals surface area contributed by atoms with E-state index >= 15 is 0 Å². The van der Waals surface area contributed by atoms with Gasteiger partial charge in [0.05, 0.1) is 24.3 Å². The number of carbonyl (C=O) groups excluding carboxylic acids is 2. The van der Waals surface area contributed by atoms with Gasteiger partial charge in [0, 0.05) is 6.20 Å². The molecule has 94 valence electrons. The van der Waals surface area contributed by atoms with Gasteiger partial charge in [-0.15, -0.1) is 0 Å². The summed E-state index contributed by atoms with van der Waals surface area (Å²) in [7, 11) is 0. The van der Waals surface area contributed by atoms with E-state index in [-0.39, 0.29) is 30.0 Å². The second-order valence-corrected chi connectivity index (χ2v) is 3.17. The van der Waals surface area contributed by atoms with E-state index in [2.05, 4.69) is 4.98 Å². The van der Waals surface area contributed by atoms with E-state index in [1.54, 1.807) is 13.8 Å². The summed E-state index contributed by atoms with van der Waals surface area (Å²) in [6.07, 6.45) is 1.20. The monoisotopic (exact) mass is 248 g/mol. The summed E-state index contributed by atoms with van der Waals surface area (Å²) < 4.78 is 9.58. The molecule has 0 saturated heterocycles. The van der Waals surface area contributed by atoms with Crippen molar-refractivity contribution >= 4 is 11.9 Å². The lowest BCUT2D eigenvalue weighted by Gasteiger charge is -2.07. The maximum atomic E-state index is 11.7. The average molecular weight is 248 g/mol. The van der Waals surface area contributed by atoms with Gasteiger partial charge in [-0.1, -0.05) is 0 Å². The van der Waals surface area contributed by atoms with Crippen LogP contribution in [0.25, 0.3) is 0 Å². The summed E-state index contributed by atoms with van der Waals surface area (Å²) >= 11 is 0. The minimum atomic E-state index is -0.718. The highest BCUT2D eigenvalue weighted by molar-refractivity contribution is 6.01. The third-order valence-corrected chi connectivity index (χ3v) is 1.98. The summed E-state index contributed by atoms with van der Waals surface area (Å²) in [5.41, 5.74) is -0.0326. The zero-order valence-electron chi connectivity index (χ0n) is 10.1. The Morgan fingerprint density at radius 3 is 2.44 bits per heavy atom. The number of nitriles is 1. The predicted octanol–water partition coefficient (Wildman–Crippen LogP) is 1.31. The molecule has 0 amide bonds. The van der Waals surface area contributed by atoms with Gasteiger partial charge in [0.25, 0.3) is 0 Å². The Labute approximate surface area is 104 Å². The molecule has 0 N–H and O–H groups in total. The number of esters is 2. The number of ether oxygens (including phenoxy) is 2. The largest absolute Gasteiger partial charge is 0.462 e. The van der Waals surface area contributed by atoms with Crippen LogP contribution in [0.1, 0.15) is 40.3 Å². The first-order valence-electron chi connectivity index (χ1n) is 5.38. The summed E-state index contributed by atoms with van der Waals surface area (Å²) in [5, 5.41) is 8.75. The lowest BCUT2D eigenvalue weighted by atomic mass is 10.1. The molecule has 1 heterocycles. The fourth-order valence-corrected chi connectivity index (χ4v) is 1.25. The third kappa shape index (κ3) is 3.04. The summed E-state index contributed by atoms with van der Waals surface area (Å²) in [6, 6.07) is 3.10. The first-order chi connectivity index (χ1) is 8.63. The second kappa shape index (κ2) is 6.35. The van der Waals surface area contributed by atoms with Gasteiger partial charge in [-0.3, -0.25) is 0 Å². The molecule has 0 saturated carbocycles. The van der Waals surface area contributed by atoms with Crippen molar-refractivity contribution in [2.45, 2.75) is 13.8 Å². The van der Waals surface area contributed by atoms with Gasteiger partial charge in [-0.05, 0) is 19.9 Å². The average Bonchev–Trinajstić information content (AvgIpc) is 2.38. The third-order valence-electron chi connectivity index (χ3n) is 1.98. The highest BCUT2D eigenvalue weighted by Gasteiger charge is 2.21. The van der Waals surface area contributed by atoms with Crippen LogP contribution in [-0.2, 0) is 9.47 Å². The van der Waals surface area contributed by atoms with Gasteiger partial charge < -0.3 is 9.47 Å². The maximum absolute atomic E-state index is 11.7. The SMILES string of the molecule is CCOC(=O)c1cc(C#N)cnc1C(=O)OCC. The summed E-state index contributed by atoms with van der Waals surface area (Å²) in [5.74, 6) is -1.42. The predicted molar refractivity (Wildman–Crippen MR) is 60.9 cm³/mol. The number of carbonyl (C=O) groups is 2. The Morgan fingerprint density at radius 1 is 1.28 bits per heavy atom. The van der Waals surface area contributed by atoms with E-state index < -0.39 is 11.9 Å². The number of aromatic nitrogens is 1. The molecule has 0 aliphatic carbocycles. The Bertz CT molecular complexity index is 505. The molecule has 0 bridgehead atoms. The van der Waals surface area contributed by atoms with Crippen molar-refractivity contribution in [3.05, 3.63) is 29.1 Å². The van der Waals surface area contributed by atoms with Crippen LogP contribution in [0.2, 0.25) is 0 Å². The Hall–Kier alpha value is -2.42. The van der Waals surface area contributed by atoms with E-state index in [0.717, 1.165) is 0 Å². The molecule has 18 heavy (non-hydrogen) atoms. The molecule has 6 nitrogen and oxygen atoms in total. The van der Waals surface area contributed by atoms with Crippen molar-refractivity contribution in [3.63, 3.8) is 0 Å². The van der Waals surface area contributed by atoms with Crippen LogP contribution in [0.4, 0.5) is 0 Å². The van der Waals surface area contributed by atoms with Gasteiger partial charge in [0.1, 0.15) is 6.07 Å². The zero-order valence-corrected chi connectivity index (χ0v) is 10.1. The highest BCUT2D eigenvalue weighted by atomic mass is 16.5. The molecule has 0 radical (unpaired) electrons. The summed E-state index contributed by atoms with van der Waals surface area (Å²) in [6.45, 7) is 3.62. The second-order valence-electron chi connectivity index (χ2n) is 3.17. The number of hydrogen-bond donors (Lipinski definition) is 0. The van der Waals surface area contributed by atoms with Gasteiger partial charge in [-0.25, -0.2) is 14.6 Å². The van der Waals surface area contributed by atoms with Crippen LogP contribution in [0, 0.1) is 11.3 Å². The number of rotatable bonds is 4. The summed E-state index contributed by atoms with van der Waals surface area (Å²) in [4.78, 5) is 27.0. The van der Waals surface area contributed by atoms with E-state index in [9.17, 15) is 9.59 Å². The number of pyridine rings is 1. The van der Waals surface area contributed by atoms with E-state index in [0.29, 0.717) is 0 Å². The molecule has 1 aromatic heterocycles. The lowest BCUT2D eigenvalue weighted by Crippen LogP contribution is -2.16. The normalized spacial score (nSPS) is 9.39. The molecule has 0 fully saturated rings. The molecule has 1 aromatic rings. The molecule has 1 rings (SSSR count). The standard InChI is InChI=1S/C12H12N2O4/c1-3-17-11(15)9-5-8(6-13)7-14-10(9)12(16)18-4-2/h5,7H,3-4H2,1-2H3. The van der Waals surface area contributed by atoms with Crippen molar-refractivity contribution in [2.75, 3.05) is 13.2 Å². The Balaban J connectivity index is 3.21. The Kier molecular flexibility index (Phi) is 4.81. The van der Waals surface area contributed by atoms with Crippen LogP contribution in [0.5, 0.6) is 0 Å². The maximum Gasteiger partial charge on any atom is 0.357 e. The van der Waals surface area contributed by atoms with Crippen LogP contribution >= 0.6 is 0 Å². The van der Waals surface area contributed by atoms with Gasteiger partial charge in [-0.2, -0.15) is 5.26 Å². The zero-order chi connectivity index (χ0) is 13.5. The van der Waals surface area contributed by atoms with Crippen LogP contribution < -0.4 is 0 Å². The van der Waals surface area contributed by atoms with Crippen molar-refractivity contribution < 1.29 is 19.1 Å². The van der Waals surface area contributed by atoms with Gasteiger partial charge >= 0.3 is 11.9 Å². The smallest absolute Gasteiger partial charge is 0.357 e. The molecule has 0 atom stereocenters. The van der Waals surface area contributed by atoms with Crippen LogP contribution in [0.15, 0.2) is 12.3 Å². The first-order valence-corrected chi connectivity index (χ1v) is 5.38. The molecule has 6 heteroatoms. The van der Waals surface area contributed by atoms with Gasteiger partial charge in [0.15, 0.2) is 5.69 Å². The fourth-order valence-electron chi connectivity index (χ4n) is 1.25. The topological polar surface area (TPSA) is 89.3 Å². The number of nitrogens with zero attached hydrogens (tertiary/aromatic N) is 2. The molecule has 0 unspecified atom stereocenters. The van der Waals surface area contributed by atoms with E-state index in [1.165, 1.54) is 12.3 Å². The number of hydrogen-bond acceptors (Lipinski definition) is 6. The first kappa shape index (κ1) is 13.6. The quantitative estimate of drug-likeness (QED) is 0.746. The van der Waals surface area contributed by atoms with Crippen molar-refractivity contribution in [1.82, 2.24) is 4.98 Å². The lowest BCUT2D eigenvalue weighted by molar-refractivity contribution is 0.0473. The molecule has 0 spiro atoms. The minimum Gasteiger partial charge on any atom is -0.462 e. The minimum absolute atomic E-state index is 0.0608. The molecular formula is C12H12N2O4. The van der Waals surface area contributed by atoms with Crippen LogP contribution in [-0.4, -0.2) is 30.1 Å². The molecule has 0 aliphatic heterocycles. The Morgan fingerprint density at radius 2 is 1.89 bits per heavy atom.